The number of rotatable bonds is 1. The van der Waals surface area contributed by atoms with Gasteiger partial charge in [0, 0.05) is 12.0 Å². The van der Waals surface area contributed by atoms with Gasteiger partial charge in [0.25, 0.3) is 0 Å². The van der Waals surface area contributed by atoms with Crippen LogP contribution in [0.5, 0.6) is 0 Å². The van der Waals surface area contributed by atoms with Gasteiger partial charge in [-0.15, -0.1) is 0 Å². The summed E-state index contributed by atoms with van der Waals surface area (Å²) >= 11 is 0. The second kappa shape index (κ2) is 4.24. The smallest absolute Gasteiger partial charge is 0.0115 e. The molecule has 0 amide bonds. The molecule has 0 aliphatic heterocycles. The van der Waals surface area contributed by atoms with Crippen LogP contribution >= 0.6 is 0 Å². The second-order valence-corrected chi connectivity index (χ2v) is 2.92. The summed E-state index contributed by atoms with van der Waals surface area (Å²) in [6.45, 7) is 0. The van der Waals surface area contributed by atoms with Crippen molar-refractivity contribution >= 4 is 0 Å². The van der Waals surface area contributed by atoms with E-state index in [0.29, 0.717) is 12.0 Å². The van der Waals surface area contributed by atoms with Gasteiger partial charge < -0.3 is 11.5 Å². The molecule has 0 spiro atoms. The lowest BCUT2D eigenvalue weighted by Gasteiger charge is -1.94. The minimum atomic E-state index is 0.433. The van der Waals surface area contributed by atoms with Crippen LogP contribution in [0.4, 0.5) is 0 Å². The molecule has 2 atom stereocenters. The molecule has 1 unspecified atom stereocenters. The molecule has 1 aliphatic carbocycles. The van der Waals surface area contributed by atoms with Gasteiger partial charge in [0.1, 0.15) is 0 Å². The van der Waals surface area contributed by atoms with Gasteiger partial charge in [0.05, 0.1) is 0 Å². The van der Waals surface area contributed by atoms with Crippen molar-refractivity contribution in [2.24, 2.45) is 11.5 Å². The first-order valence-electron chi connectivity index (χ1n) is 4.26. The zero-order chi connectivity index (χ0) is 8.97. The molecule has 0 aromatic heterocycles. The minimum Gasteiger partial charge on any atom is -0.333 e. The SMILES string of the molecule is CN.NC1C[C@@H]1c1ccccc1. The summed E-state index contributed by atoms with van der Waals surface area (Å²) in [4.78, 5) is 0. The molecule has 12 heavy (non-hydrogen) atoms. The van der Waals surface area contributed by atoms with Crippen molar-refractivity contribution in [3.63, 3.8) is 0 Å². The quantitative estimate of drug-likeness (QED) is 0.652. The summed E-state index contributed by atoms with van der Waals surface area (Å²) in [7, 11) is 1.50. The summed E-state index contributed by atoms with van der Waals surface area (Å²) in [5, 5.41) is 0. The van der Waals surface area contributed by atoms with Crippen LogP contribution in [-0.4, -0.2) is 13.1 Å². The lowest BCUT2D eigenvalue weighted by molar-refractivity contribution is 0.991. The van der Waals surface area contributed by atoms with Gasteiger partial charge in [0.15, 0.2) is 0 Å². The average molecular weight is 164 g/mol. The first-order chi connectivity index (χ1) is 5.88. The Labute approximate surface area is 73.6 Å². The lowest BCUT2D eigenvalue weighted by Crippen LogP contribution is -2.00. The summed E-state index contributed by atoms with van der Waals surface area (Å²) in [5.41, 5.74) is 11.6. The molecule has 0 heterocycles. The van der Waals surface area contributed by atoms with Crippen molar-refractivity contribution in [3.05, 3.63) is 35.9 Å². The predicted molar refractivity (Wildman–Crippen MR) is 51.9 cm³/mol. The van der Waals surface area contributed by atoms with Crippen molar-refractivity contribution in [2.75, 3.05) is 7.05 Å². The molecular weight excluding hydrogens is 148 g/mol. The van der Waals surface area contributed by atoms with Crippen LogP contribution in [0.25, 0.3) is 0 Å². The van der Waals surface area contributed by atoms with Crippen LogP contribution in [0.2, 0.25) is 0 Å². The number of hydrogen-bond acceptors (Lipinski definition) is 2. The van der Waals surface area contributed by atoms with E-state index in [0.717, 1.165) is 0 Å². The van der Waals surface area contributed by atoms with Crippen LogP contribution in [-0.2, 0) is 0 Å². The Bertz CT molecular complexity index is 221. The van der Waals surface area contributed by atoms with Gasteiger partial charge >= 0.3 is 0 Å². The molecule has 4 N–H and O–H groups in total. The van der Waals surface area contributed by atoms with Crippen molar-refractivity contribution in [1.82, 2.24) is 0 Å². The van der Waals surface area contributed by atoms with Gasteiger partial charge in [-0.2, -0.15) is 0 Å². The normalized spacial score (nSPS) is 25.6. The lowest BCUT2D eigenvalue weighted by atomic mass is 10.1. The monoisotopic (exact) mass is 164 g/mol. The van der Waals surface area contributed by atoms with E-state index in [9.17, 15) is 0 Å². The Kier molecular flexibility index (Phi) is 3.26. The van der Waals surface area contributed by atoms with Crippen molar-refractivity contribution in [1.29, 1.82) is 0 Å². The van der Waals surface area contributed by atoms with Gasteiger partial charge in [-0.3, -0.25) is 0 Å². The Hall–Kier alpha value is -0.860. The van der Waals surface area contributed by atoms with E-state index in [-0.39, 0.29) is 0 Å². The van der Waals surface area contributed by atoms with E-state index in [1.807, 2.05) is 6.07 Å². The highest BCUT2D eigenvalue weighted by molar-refractivity contribution is 5.26. The molecule has 1 fully saturated rings. The fourth-order valence-corrected chi connectivity index (χ4v) is 1.30. The molecule has 1 aliphatic rings. The van der Waals surface area contributed by atoms with Crippen LogP contribution in [0.15, 0.2) is 30.3 Å². The standard InChI is InChI=1S/C9H11N.CH5N/c10-9-6-8(9)7-4-2-1-3-5-7;1-2/h1-5,8-9H,6,10H2;2H2,1H3/t8-,9?;/m1./s1. The highest BCUT2D eigenvalue weighted by Gasteiger charge is 2.34. The average Bonchev–Trinajstić information content (AvgIpc) is 2.88. The third kappa shape index (κ3) is 2.06. The Morgan fingerprint density at radius 3 is 2.08 bits per heavy atom. The minimum absolute atomic E-state index is 0.433. The molecule has 2 rings (SSSR count). The maximum absolute atomic E-state index is 5.70. The van der Waals surface area contributed by atoms with E-state index in [2.05, 4.69) is 30.0 Å². The maximum Gasteiger partial charge on any atom is 0.0115 e. The van der Waals surface area contributed by atoms with Gasteiger partial charge in [0.2, 0.25) is 0 Å². The first-order valence-corrected chi connectivity index (χ1v) is 4.26. The number of hydrogen-bond donors (Lipinski definition) is 2. The third-order valence-electron chi connectivity index (χ3n) is 2.07. The molecule has 0 saturated heterocycles. The largest absolute Gasteiger partial charge is 0.333 e. The van der Waals surface area contributed by atoms with E-state index in [4.69, 9.17) is 5.73 Å². The number of benzene rings is 1. The van der Waals surface area contributed by atoms with Crippen molar-refractivity contribution in [3.8, 4) is 0 Å². The zero-order valence-electron chi connectivity index (χ0n) is 7.40. The van der Waals surface area contributed by atoms with Crippen molar-refractivity contribution < 1.29 is 0 Å². The predicted octanol–water partition coefficient (Wildman–Crippen LogP) is 1.08. The molecule has 0 radical (unpaired) electrons. The first kappa shape index (κ1) is 9.23. The van der Waals surface area contributed by atoms with Crippen LogP contribution in [0.3, 0.4) is 0 Å². The highest BCUT2D eigenvalue weighted by atomic mass is 14.7. The Morgan fingerprint density at radius 1 is 1.17 bits per heavy atom. The van der Waals surface area contributed by atoms with Gasteiger partial charge in [-0.05, 0) is 19.0 Å². The summed E-state index contributed by atoms with van der Waals surface area (Å²) in [6.07, 6.45) is 1.17. The van der Waals surface area contributed by atoms with E-state index >= 15 is 0 Å². The summed E-state index contributed by atoms with van der Waals surface area (Å²) in [6, 6.07) is 10.9. The second-order valence-electron chi connectivity index (χ2n) is 2.92. The van der Waals surface area contributed by atoms with E-state index < -0.39 is 0 Å². The topological polar surface area (TPSA) is 52.0 Å². The van der Waals surface area contributed by atoms with Gasteiger partial charge in [-0.25, -0.2) is 0 Å². The third-order valence-corrected chi connectivity index (χ3v) is 2.07. The fraction of sp³-hybridized carbons (Fsp3) is 0.400. The summed E-state index contributed by atoms with van der Waals surface area (Å²) < 4.78 is 0. The van der Waals surface area contributed by atoms with Crippen molar-refractivity contribution in [2.45, 2.75) is 18.4 Å². The number of nitrogens with two attached hydrogens (primary N) is 2. The van der Waals surface area contributed by atoms with Crippen LogP contribution < -0.4 is 11.5 Å². The van der Waals surface area contributed by atoms with E-state index in [1.54, 1.807) is 0 Å². The molecule has 66 valence electrons. The molecule has 1 saturated carbocycles. The van der Waals surface area contributed by atoms with E-state index in [1.165, 1.54) is 19.0 Å². The Morgan fingerprint density at radius 2 is 1.67 bits per heavy atom. The van der Waals surface area contributed by atoms with Crippen LogP contribution in [0.1, 0.15) is 17.9 Å². The molecule has 1 aromatic rings. The highest BCUT2D eigenvalue weighted by Crippen LogP contribution is 2.38. The maximum atomic E-state index is 5.70. The zero-order valence-corrected chi connectivity index (χ0v) is 7.40. The molecule has 2 heteroatoms. The molecular formula is C10H16N2. The van der Waals surface area contributed by atoms with Crippen LogP contribution in [0, 0.1) is 0 Å². The molecule has 1 aromatic carbocycles. The Balaban J connectivity index is 0.000000336. The fourth-order valence-electron chi connectivity index (χ4n) is 1.30. The molecule has 2 nitrogen and oxygen atoms in total. The summed E-state index contributed by atoms with van der Waals surface area (Å²) in [5.74, 6) is 0.654. The molecule has 0 bridgehead atoms. The van der Waals surface area contributed by atoms with Gasteiger partial charge in [-0.1, -0.05) is 30.3 Å².